The van der Waals surface area contributed by atoms with Crippen LogP contribution >= 0.6 is 0 Å². The summed E-state index contributed by atoms with van der Waals surface area (Å²) in [7, 11) is 1.98. The Morgan fingerprint density at radius 2 is 2.31 bits per heavy atom. The third-order valence-electron chi connectivity index (χ3n) is 3.16. The lowest BCUT2D eigenvalue weighted by Gasteiger charge is -2.20. The summed E-state index contributed by atoms with van der Waals surface area (Å²) in [5.41, 5.74) is 8.83. The van der Waals surface area contributed by atoms with Crippen molar-refractivity contribution >= 4 is 11.7 Å². The molecule has 1 heterocycles. The van der Waals surface area contributed by atoms with Crippen molar-refractivity contribution in [3.63, 3.8) is 0 Å². The third kappa shape index (κ3) is 1.75. The molecule has 16 heavy (non-hydrogen) atoms. The van der Waals surface area contributed by atoms with E-state index in [2.05, 4.69) is 11.9 Å². The van der Waals surface area contributed by atoms with Crippen molar-refractivity contribution in [3.05, 3.63) is 22.9 Å². The smallest absolute Gasteiger partial charge is 0.139 e. The van der Waals surface area contributed by atoms with Crippen LogP contribution in [0.4, 0.5) is 5.82 Å². The molecule has 0 atom stereocenters. The number of nitrogen functional groups attached to an aromatic ring is 1. The summed E-state index contributed by atoms with van der Waals surface area (Å²) in [6, 6.07) is 2.04. The predicted molar refractivity (Wildman–Crippen MR) is 66.2 cm³/mol. The summed E-state index contributed by atoms with van der Waals surface area (Å²) in [5.74, 6) is 0.952. The zero-order valence-electron chi connectivity index (χ0n) is 9.88. The second-order valence-electron chi connectivity index (χ2n) is 4.25. The Morgan fingerprint density at radius 3 is 2.94 bits per heavy atom. The minimum absolute atomic E-state index is 0.109. The number of nitrogens with one attached hydrogen (secondary N) is 1. The summed E-state index contributed by atoms with van der Waals surface area (Å²) in [4.78, 5) is 6.69. The molecule has 1 aliphatic carbocycles. The molecule has 0 radical (unpaired) electrons. The lowest BCUT2D eigenvalue weighted by Crippen LogP contribution is -2.24. The van der Waals surface area contributed by atoms with Crippen molar-refractivity contribution in [3.8, 4) is 0 Å². The number of hydrogen-bond acceptors (Lipinski definition) is 3. The van der Waals surface area contributed by atoms with Crippen LogP contribution in [0.5, 0.6) is 0 Å². The van der Waals surface area contributed by atoms with Crippen molar-refractivity contribution in [1.82, 2.24) is 4.98 Å². The Labute approximate surface area is 96.0 Å². The highest BCUT2D eigenvalue weighted by Gasteiger charge is 2.19. The van der Waals surface area contributed by atoms with Crippen LogP contribution in [0.2, 0.25) is 0 Å². The van der Waals surface area contributed by atoms with Gasteiger partial charge in [-0.2, -0.15) is 0 Å². The van der Waals surface area contributed by atoms with Crippen LogP contribution < -0.4 is 10.6 Å². The highest BCUT2D eigenvalue weighted by Crippen LogP contribution is 2.26. The number of anilines is 1. The largest absolute Gasteiger partial charge is 0.384 e. The first kappa shape index (κ1) is 10.9. The Bertz CT molecular complexity index is 425. The topological polar surface area (TPSA) is 66.0 Å². The summed E-state index contributed by atoms with van der Waals surface area (Å²) < 4.78 is 0. The number of pyridine rings is 1. The van der Waals surface area contributed by atoms with E-state index in [1.54, 1.807) is 0 Å². The fraction of sp³-hybridized carbons (Fsp3) is 0.500. The number of aryl methyl sites for hydroxylation is 2. The minimum atomic E-state index is 0.109. The molecule has 0 fully saturated rings. The monoisotopic (exact) mass is 218 g/mol. The Balaban J connectivity index is 2.53. The molecule has 1 aliphatic rings. The summed E-state index contributed by atoms with van der Waals surface area (Å²) in [5, 5.41) is 7.62. The van der Waals surface area contributed by atoms with Crippen LogP contribution in [-0.2, 0) is 12.8 Å². The van der Waals surface area contributed by atoms with Crippen LogP contribution in [0.15, 0.2) is 6.07 Å². The van der Waals surface area contributed by atoms with Gasteiger partial charge < -0.3 is 10.6 Å². The number of amidine groups is 1. The predicted octanol–water partition coefficient (Wildman–Crippen LogP) is 1.31. The molecule has 1 aromatic rings. The first-order valence-corrected chi connectivity index (χ1v) is 5.71. The van der Waals surface area contributed by atoms with Crippen LogP contribution in [0.3, 0.4) is 0 Å². The number of nitrogens with two attached hydrogens (primary N) is 1. The summed E-state index contributed by atoms with van der Waals surface area (Å²) >= 11 is 0. The minimum Gasteiger partial charge on any atom is -0.384 e. The molecular weight excluding hydrogens is 200 g/mol. The number of nitrogens with zero attached hydrogens (tertiary/aromatic N) is 2. The fourth-order valence-electron chi connectivity index (χ4n) is 2.10. The van der Waals surface area contributed by atoms with Crippen LogP contribution in [0.1, 0.15) is 30.2 Å². The molecule has 0 bridgehead atoms. The van der Waals surface area contributed by atoms with Crippen molar-refractivity contribution in [2.75, 3.05) is 18.5 Å². The van der Waals surface area contributed by atoms with Gasteiger partial charge in [-0.25, -0.2) is 4.98 Å². The van der Waals surface area contributed by atoms with Gasteiger partial charge in [0.05, 0.1) is 5.56 Å². The number of aromatic nitrogens is 1. The number of hydrogen-bond donors (Lipinski definition) is 2. The van der Waals surface area contributed by atoms with E-state index in [0.29, 0.717) is 0 Å². The van der Waals surface area contributed by atoms with Crippen molar-refractivity contribution in [2.24, 2.45) is 5.73 Å². The van der Waals surface area contributed by atoms with Crippen LogP contribution in [-0.4, -0.2) is 24.4 Å². The van der Waals surface area contributed by atoms with Gasteiger partial charge in [0, 0.05) is 19.3 Å². The molecule has 0 saturated heterocycles. The van der Waals surface area contributed by atoms with Crippen LogP contribution in [0.25, 0.3) is 0 Å². The Hall–Kier alpha value is -1.58. The summed E-state index contributed by atoms with van der Waals surface area (Å²) in [6.45, 7) is 2.94. The van der Waals surface area contributed by atoms with Gasteiger partial charge in [-0.1, -0.05) is 0 Å². The molecule has 3 N–H and O–H groups in total. The van der Waals surface area contributed by atoms with Crippen molar-refractivity contribution in [2.45, 2.75) is 26.2 Å². The molecule has 4 heteroatoms. The molecular formula is C12H18N4. The maximum Gasteiger partial charge on any atom is 0.139 e. The van der Waals surface area contributed by atoms with Gasteiger partial charge in [0.1, 0.15) is 11.7 Å². The van der Waals surface area contributed by atoms with Gasteiger partial charge in [-0.15, -0.1) is 0 Å². The van der Waals surface area contributed by atoms with E-state index in [9.17, 15) is 0 Å². The Kier molecular flexibility index (Phi) is 2.81. The van der Waals surface area contributed by atoms with Gasteiger partial charge in [0.2, 0.25) is 0 Å². The fourth-order valence-corrected chi connectivity index (χ4v) is 2.10. The zero-order valence-corrected chi connectivity index (χ0v) is 9.88. The van der Waals surface area contributed by atoms with E-state index in [-0.39, 0.29) is 5.84 Å². The van der Waals surface area contributed by atoms with E-state index in [1.165, 1.54) is 17.7 Å². The summed E-state index contributed by atoms with van der Waals surface area (Å²) in [6.07, 6.45) is 3.29. The molecule has 0 unspecified atom stereocenters. The van der Waals surface area contributed by atoms with Gasteiger partial charge in [-0.3, -0.25) is 5.41 Å². The second kappa shape index (κ2) is 4.12. The number of rotatable bonds is 3. The standard InChI is InChI=1S/C12H18N4/c1-3-16(2)12-9(11(13)14)7-8-5-4-6-10(8)15-12/h7H,3-6H2,1-2H3,(H3,13,14). The zero-order chi connectivity index (χ0) is 11.7. The molecule has 0 aliphatic heterocycles. The maximum atomic E-state index is 7.62. The third-order valence-corrected chi connectivity index (χ3v) is 3.16. The molecule has 86 valence electrons. The second-order valence-corrected chi connectivity index (χ2v) is 4.25. The molecule has 4 nitrogen and oxygen atoms in total. The van der Waals surface area contributed by atoms with E-state index in [1.807, 2.05) is 18.0 Å². The first-order chi connectivity index (χ1) is 7.63. The van der Waals surface area contributed by atoms with Crippen LogP contribution in [0, 0.1) is 5.41 Å². The van der Waals surface area contributed by atoms with Crippen molar-refractivity contribution in [1.29, 1.82) is 5.41 Å². The highest BCUT2D eigenvalue weighted by atomic mass is 15.2. The molecule has 2 rings (SSSR count). The van der Waals surface area contributed by atoms with E-state index in [0.717, 1.165) is 30.8 Å². The molecule has 0 aromatic carbocycles. The normalized spacial score (nSPS) is 13.6. The SMILES string of the molecule is CCN(C)c1nc2c(cc1C(=N)N)CCC2. The molecule has 0 amide bonds. The molecule has 0 spiro atoms. The lowest BCUT2D eigenvalue weighted by molar-refractivity contribution is 0.887. The van der Waals surface area contributed by atoms with Gasteiger partial charge in [0.15, 0.2) is 0 Å². The first-order valence-electron chi connectivity index (χ1n) is 5.71. The lowest BCUT2D eigenvalue weighted by atomic mass is 10.1. The van der Waals surface area contributed by atoms with Gasteiger partial charge in [-0.05, 0) is 37.8 Å². The maximum absolute atomic E-state index is 7.62. The highest BCUT2D eigenvalue weighted by molar-refractivity contribution is 5.99. The van der Waals surface area contributed by atoms with E-state index in [4.69, 9.17) is 11.1 Å². The quantitative estimate of drug-likeness (QED) is 0.594. The van der Waals surface area contributed by atoms with E-state index < -0.39 is 0 Å². The number of fused-ring (bicyclic) bond motifs is 1. The van der Waals surface area contributed by atoms with Gasteiger partial charge in [0.25, 0.3) is 0 Å². The molecule has 1 aromatic heterocycles. The average Bonchev–Trinajstić information content (AvgIpc) is 2.73. The van der Waals surface area contributed by atoms with Crippen molar-refractivity contribution < 1.29 is 0 Å². The Morgan fingerprint density at radius 1 is 1.56 bits per heavy atom. The van der Waals surface area contributed by atoms with Gasteiger partial charge >= 0.3 is 0 Å². The van der Waals surface area contributed by atoms with E-state index >= 15 is 0 Å². The average molecular weight is 218 g/mol. The molecule has 0 saturated carbocycles.